The second kappa shape index (κ2) is 4.68. The molecule has 0 saturated carbocycles. The highest BCUT2D eigenvalue weighted by Gasteiger charge is 2.31. The van der Waals surface area contributed by atoms with Gasteiger partial charge in [-0.3, -0.25) is 14.5 Å². The minimum atomic E-state index is -0.307. The molecule has 0 atom stereocenters. The summed E-state index contributed by atoms with van der Waals surface area (Å²) in [6, 6.07) is 0. The summed E-state index contributed by atoms with van der Waals surface area (Å²) in [5.41, 5.74) is 1.06. The van der Waals surface area contributed by atoms with Crippen molar-refractivity contribution in [3.63, 3.8) is 0 Å². The van der Waals surface area contributed by atoms with E-state index in [4.69, 9.17) is 4.42 Å². The van der Waals surface area contributed by atoms with Crippen molar-refractivity contribution in [3.8, 4) is 0 Å². The first-order valence-electron chi connectivity index (χ1n) is 5.86. The number of oxazole rings is 1. The normalized spacial score (nSPS) is 20.9. The Hall–Kier alpha value is -2.28. The lowest BCUT2D eigenvalue weighted by molar-refractivity contribution is -0.121. The van der Waals surface area contributed by atoms with Crippen LogP contribution in [0.4, 0.5) is 10.6 Å². The number of rotatable bonds is 1. The van der Waals surface area contributed by atoms with Gasteiger partial charge in [-0.05, 0) is 30.0 Å². The van der Waals surface area contributed by atoms with Crippen molar-refractivity contribution in [2.75, 3.05) is 19.0 Å². The molecule has 6 nitrogen and oxygen atoms in total. The van der Waals surface area contributed by atoms with Crippen molar-refractivity contribution in [2.24, 2.45) is 0 Å². The molecule has 1 fully saturated rings. The maximum atomic E-state index is 11.7. The molecule has 2 aliphatic heterocycles. The molecule has 102 valence electrons. The molecule has 2 aliphatic rings. The van der Waals surface area contributed by atoms with E-state index in [2.05, 4.69) is 4.98 Å². The lowest BCUT2D eigenvalue weighted by Crippen LogP contribution is -2.22. The number of anilines is 1. The van der Waals surface area contributed by atoms with Crippen molar-refractivity contribution in [1.82, 2.24) is 9.88 Å². The molecule has 0 spiro atoms. The van der Waals surface area contributed by atoms with Gasteiger partial charge in [-0.25, -0.2) is 0 Å². The first-order chi connectivity index (χ1) is 9.56. The van der Waals surface area contributed by atoms with Crippen LogP contribution in [0.3, 0.4) is 0 Å². The van der Waals surface area contributed by atoms with Crippen LogP contribution in [-0.4, -0.2) is 35.1 Å². The van der Waals surface area contributed by atoms with E-state index in [1.54, 1.807) is 12.2 Å². The van der Waals surface area contributed by atoms with Crippen molar-refractivity contribution in [1.29, 1.82) is 0 Å². The minimum absolute atomic E-state index is 0.279. The quantitative estimate of drug-likeness (QED) is 0.698. The molecule has 1 aromatic heterocycles. The van der Waals surface area contributed by atoms with E-state index in [0.29, 0.717) is 15.9 Å². The van der Waals surface area contributed by atoms with Crippen LogP contribution in [0, 0.1) is 0 Å². The van der Waals surface area contributed by atoms with E-state index in [-0.39, 0.29) is 11.1 Å². The highest BCUT2D eigenvalue weighted by molar-refractivity contribution is 8.18. The first-order valence-corrected chi connectivity index (χ1v) is 6.68. The summed E-state index contributed by atoms with van der Waals surface area (Å²) in [5, 5.41) is -0.279. The van der Waals surface area contributed by atoms with Gasteiger partial charge in [0.05, 0.1) is 4.91 Å². The molecule has 0 radical (unpaired) electrons. The highest BCUT2D eigenvalue weighted by Crippen LogP contribution is 2.28. The van der Waals surface area contributed by atoms with Gasteiger partial charge in [0.15, 0.2) is 11.2 Å². The molecular formula is C13H11N3O3S. The molecule has 20 heavy (non-hydrogen) atoms. The molecule has 1 saturated heterocycles. The number of likely N-dealkylation sites (N-methyl/N-ethyl adjacent to an activating group) is 1. The van der Waals surface area contributed by atoms with Gasteiger partial charge in [0, 0.05) is 26.4 Å². The fraction of sp³-hybridized carbons (Fsp3) is 0.154. The summed E-state index contributed by atoms with van der Waals surface area (Å²) >= 11 is 0.904. The third-order valence-electron chi connectivity index (χ3n) is 2.91. The van der Waals surface area contributed by atoms with Crippen molar-refractivity contribution in [2.45, 2.75) is 0 Å². The largest absolute Gasteiger partial charge is 0.435 e. The summed E-state index contributed by atoms with van der Waals surface area (Å²) < 4.78 is 5.55. The van der Waals surface area contributed by atoms with Crippen LogP contribution in [0.1, 0.15) is 0 Å². The lowest BCUT2D eigenvalue weighted by atomic mass is 10.4. The van der Waals surface area contributed by atoms with Gasteiger partial charge in [-0.15, -0.1) is 0 Å². The Labute approximate surface area is 118 Å². The highest BCUT2D eigenvalue weighted by atomic mass is 32.2. The maximum absolute atomic E-state index is 11.7. The van der Waals surface area contributed by atoms with Gasteiger partial charge in [-0.2, -0.15) is 4.98 Å². The molecule has 0 aliphatic carbocycles. The number of carbonyl (C=O) groups excluding carboxylic acids is 2. The van der Waals surface area contributed by atoms with E-state index in [1.807, 2.05) is 30.3 Å². The summed E-state index contributed by atoms with van der Waals surface area (Å²) in [5.74, 6) is 0.411. The summed E-state index contributed by atoms with van der Waals surface area (Å²) in [7, 11) is 3.33. The number of imide groups is 1. The Morgan fingerprint density at radius 1 is 1.30 bits per heavy atom. The van der Waals surface area contributed by atoms with Crippen molar-refractivity contribution < 1.29 is 14.0 Å². The third kappa shape index (κ3) is 2.05. The number of amides is 2. The SMILES string of the molecule is CN1C(=O)S/C(=C\C=c2/nc3c(o2)=CC=CN3C)C1=O. The van der Waals surface area contributed by atoms with Crippen molar-refractivity contribution >= 4 is 40.9 Å². The number of fused-ring (bicyclic) bond motifs is 1. The zero-order valence-electron chi connectivity index (χ0n) is 10.9. The van der Waals surface area contributed by atoms with Gasteiger partial charge in [0.2, 0.25) is 5.55 Å². The summed E-state index contributed by atoms with van der Waals surface area (Å²) in [6.45, 7) is 0. The molecule has 0 bridgehead atoms. The minimum Gasteiger partial charge on any atom is -0.435 e. The monoisotopic (exact) mass is 289 g/mol. The zero-order chi connectivity index (χ0) is 14.3. The van der Waals surface area contributed by atoms with Crippen LogP contribution in [0.5, 0.6) is 0 Å². The zero-order valence-corrected chi connectivity index (χ0v) is 11.7. The lowest BCUT2D eigenvalue weighted by Gasteiger charge is -2.10. The number of nitrogens with zero attached hydrogens (tertiary/aromatic N) is 3. The Balaban J connectivity index is 1.96. The van der Waals surface area contributed by atoms with Gasteiger partial charge in [0.1, 0.15) is 0 Å². The topological polar surface area (TPSA) is 66.7 Å². The van der Waals surface area contributed by atoms with Crippen LogP contribution in [0.15, 0.2) is 27.7 Å². The van der Waals surface area contributed by atoms with Crippen LogP contribution in [-0.2, 0) is 4.79 Å². The molecule has 2 amide bonds. The predicted octanol–water partition coefficient (Wildman–Crippen LogP) is 0.408. The molecular weight excluding hydrogens is 278 g/mol. The second-order valence-corrected chi connectivity index (χ2v) is 5.28. The predicted molar refractivity (Wildman–Crippen MR) is 76.1 cm³/mol. The van der Waals surface area contributed by atoms with Gasteiger partial charge >= 0.3 is 0 Å². The van der Waals surface area contributed by atoms with E-state index in [0.717, 1.165) is 22.5 Å². The first kappa shape index (κ1) is 12.7. The van der Waals surface area contributed by atoms with Gasteiger partial charge in [0.25, 0.3) is 11.1 Å². The second-order valence-electron chi connectivity index (χ2n) is 4.29. The Morgan fingerprint density at radius 2 is 2.10 bits per heavy atom. The van der Waals surface area contributed by atoms with E-state index < -0.39 is 0 Å². The molecule has 3 rings (SSSR count). The molecule has 1 aromatic rings. The Kier molecular flexibility index (Phi) is 2.98. The number of aromatic nitrogens is 1. The molecule has 3 heterocycles. The summed E-state index contributed by atoms with van der Waals surface area (Å²) in [6.07, 6.45) is 8.70. The van der Waals surface area contributed by atoms with Crippen LogP contribution in [0.2, 0.25) is 0 Å². The summed E-state index contributed by atoms with van der Waals surface area (Å²) in [4.78, 5) is 30.7. The molecule has 0 N–H and O–H groups in total. The van der Waals surface area contributed by atoms with Crippen molar-refractivity contribution in [3.05, 3.63) is 34.2 Å². The smallest absolute Gasteiger partial charge is 0.293 e. The maximum Gasteiger partial charge on any atom is 0.293 e. The van der Waals surface area contributed by atoms with E-state index in [9.17, 15) is 9.59 Å². The molecule has 0 aromatic carbocycles. The standard InChI is InChI=1S/C13H11N3O3S/c1-15-7-3-4-8-11(15)14-10(19-8)6-5-9-12(17)16(2)13(18)20-9/h3-7H,1-2H3/b9-5-,10-6+. The van der Waals surface area contributed by atoms with Gasteiger partial charge in [-0.1, -0.05) is 0 Å². The molecule has 0 unspecified atom stereocenters. The number of hydrogen-bond donors (Lipinski definition) is 0. The Morgan fingerprint density at radius 3 is 2.75 bits per heavy atom. The molecule has 7 heteroatoms. The number of carbonyl (C=O) groups is 2. The van der Waals surface area contributed by atoms with Crippen LogP contribution >= 0.6 is 11.8 Å². The fourth-order valence-corrected chi connectivity index (χ4v) is 2.58. The average Bonchev–Trinajstić information content (AvgIpc) is 2.95. The average molecular weight is 289 g/mol. The number of thioether (sulfide) groups is 1. The van der Waals surface area contributed by atoms with Crippen LogP contribution in [0.25, 0.3) is 12.2 Å². The third-order valence-corrected chi connectivity index (χ3v) is 3.89. The fourth-order valence-electron chi connectivity index (χ4n) is 1.81. The van der Waals surface area contributed by atoms with E-state index in [1.165, 1.54) is 7.05 Å². The van der Waals surface area contributed by atoms with Gasteiger partial charge < -0.3 is 9.32 Å². The number of allylic oxidation sites excluding steroid dienone is 2. The van der Waals surface area contributed by atoms with Crippen LogP contribution < -0.4 is 15.9 Å². The number of hydrogen-bond acceptors (Lipinski definition) is 6. The Bertz CT molecular complexity index is 775. The van der Waals surface area contributed by atoms with E-state index >= 15 is 0 Å².